The minimum atomic E-state index is -0.0818. The lowest BCUT2D eigenvalue weighted by molar-refractivity contribution is 0.0949. The number of nitrogens with one attached hydrogen (secondary N) is 1. The van der Waals surface area contributed by atoms with Crippen molar-refractivity contribution in [2.45, 2.75) is 18.3 Å². The molecule has 1 fully saturated rings. The highest BCUT2D eigenvalue weighted by atomic mass is 16.1. The van der Waals surface area contributed by atoms with Gasteiger partial charge in [0.15, 0.2) is 0 Å². The van der Waals surface area contributed by atoms with Gasteiger partial charge in [-0.2, -0.15) is 5.26 Å². The predicted octanol–water partition coefficient (Wildman–Crippen LogP) is 3.02. The van der Waals surface area contributed by atoms with Gasteiger partial charge in [-0.05, 0) is 42.7 Å². The van der Waals surface area contributed by atoms with Gasteiger partial charge in [0.05, 0.1) is 11.6 Å². The third kappa shape index (κ3) is 2.80. The monoisotopic (exact) mass is 276 g/mol. The number of carbonyl (C=O) groups excluding carboxylic acids is 1. The van der Waals surface area contributed by atoms with Crippen LogP contribution in [0.4, 0.5) is 0 Å². The number of nitrogens with zero attached hydrogens (tertiary/aromatic N) is 1. The van der Waals surface area contributed by atoms with Crippen LogP contribution < -0.4 is 5.32 Å². The highest BCUT2D eigenvalue weighted by Gasteiger charge is 2.44. The Bertz CT molecular complexity index is 679. The van der Waals surface area contributed by atoms with Crippen LogP contribution in [0.1, 0.15) is 34.3 Å². The lowest BCUT2D eigenvalue weighted by Crippen LogP contribution is -2.32. The summed E-state index contributed by atoms with van der Waals surface area (Å²) in [6.07, 6.45) is 2.23. The first-order valence-corrected chi connectivity index (χ1v) is 7.07. The van der Waals surface area contributed by atoms with Crippen molar-refractivity contribution in [2.24, 2.45) is 0 Å². The van der Waals surface area contributed by atoms with Gasteiger partial charge in [-0.25, -0.2) is 0 Å². The van der Waals surface area contributed by atoms with Gasteiger partial charge in [-0.3, -0.25) is 4.79 Å². The SMILES string of the molecule is N#Cc1ccc(C(=O)NCC2(c3ccccc3)CC2)cc1. The second kappa shape index (κ2) is 5.41. The average molecular weight is 276 g/mol. The van der Waals surface area contributed by atoms with Crippen molar-refractivity contribution < 1.29 is 4.79 Å². The van der Waals surface area contributed by atoms with Crippen molar-refractivity contribution >= 4 is 5.91 Å². The molecule has 3 heteroatoms. The molecular formula is C18H16N2O. The Morgan fingerprint density at radius 2 is 1.76 bits per heavy atom. The smallest absolute Gasteiger partial charge is 0.251 e. The van der Waals surface area contributed by atoms with Crippen LogP contribution in [0.2, 0.25) is 0 Å². The Hall–Kier alpha value is -2.60. The molecule has 2 aromatic carbocycles. The third-order valence-corrected chi connectivity index (χ3v) is 4.10. The minimum Gasteiger partial charge on any atom is -0.351 e. The van der Waals surface area contributed by atoms with Crippen LogP contribution in [0, 0.1) is 11.3 Å². The molecule has 3 nitrogen and oxygen atoms in total. The Kier molecular flexibility index (Phi) is 3.45. The highest BCUT2D eigenvalue weighted by molar-refractivity contribution is 5.94. The maximum absolute atomic E-state index is 12.2. The fourth-order valence-electron chi connectivity index (χ4n) is 2.56. The van der Waals surface area contributed by atoms with Gasteiger partial charge < -0.3 is 5.32 Å². The van der Waals surface area contributed by atoms with E-state index in [2.05, 4.69) is 17.4 Å². The summed E-state index contributed by atoms with van der Waals surface area (Å²) in [5, 5.41) is 11.8. The Labute approximate surface area is 124 Å². The lowest BCUT2D eigenvalue weighted by Gasteiger charge is -2.16. The summed E-state index contributed by atoms with van der Waals surface area (Å²) in [7, 11) is 0. The largest absolute Gasteiger partial charge is 0.351 e. The molecule has 0 heterocycles. The zero-order valence-electron chi connectivity index (χ0n) is 11.7. The van der Waals surface area contributed by atoms with Gasteiger partial charge in [0.25, 0.3) is 5.91 Å². The number of hydrogen-bond donors (Lipinski definition) is 1. The average Bonchev–Trinajstić information content (AvgIpc) is 3.35. The predicted molar refractivity (Wildman–Crippen MR) is 80.8 cm³/mol. The number of hydrogen-bond acceptors (Lipinski definition) is 2. The standard InChI is InChI=1S/C18H16N2O/c19-12-14-6-8-15(9-7-14)17(21)20-13-18(10-11-18)16-4-2-1-3-5-16/h1-9H,10-11,13H2,(H,20,21). The second-order valence-corrected chi connectivity index (χ2v) is 5.52. The number of carbonyl (C=O) groups is 1. The number of rotatable bonds is 4. The van der Waals surface area contributed by atoms with Gasteiger partial charge in [0, 0.05) is 17.5 Å². The molecule has 1 N–H and O–H groups in total. The van der Waals surface area contributed by atoms with E-state index in [-0.39, 0.29) is 11.3 Å². The molecule has 0 radical (unpaired) electrons. The first-order chi connectivity index (χ1) is 10.2. The molecule has 104 valence electrons. The van der Waals surface area contributed by atoms with E-state index in [1.807, 2.05) is 24.3 Å². The molecule has 3 rings (SSSR count). The number of amides is 1. The van der Waals surface area contributed by atoms with Crippen molar-refractivity contribution in [3.63, 3.8) is 0 Å². The van der Waals surface area contributed by atoms with E-state index in [4.69, 9.17) is 5.26 Å². The van der Waals surface area contributed by atoms with Crippen LogP contribution in [0.25, 0.3) is 0 Å². The Morgan fingerprint density at radius 1 is 1.10 bits per heavy atom. The van der Waals surface area contributed by atoms with Gasteiger partial charge >= 0.3 is 0 Å². The van der Waals surface area contributed by atoms with E-state index >= 15 is 0 Å². The van der Waals surface area contributed by atoms with Crippen LogP contribution in [0.15, 0.2) is 54.6 Å². The minimum absolute atomic E-state index is 0.0818. The molecule has 1 aliphatic rings. The maximum atomic E-state index is 12.2. The number of benzene rings is 2. The first-order valence-electron chi connectivity index (χ1n) is 7.07. The molecule has 1 aliphatic carbocycles. The summed E-state index contributed by atoms with van der Waals surface area (Å²) >= 11 is 0. The molecule has 0 bridgehead atoms. The molecule has 0 saturated heterocycles. The normalized spacial score (nSPS) is 15.0. The van der Waals surface area contributed by atoms with Gasteiger partial charge in [0.1, 0.15) is 0 Å². The van der Waals surface area contributed by atoms with Gasteiger partial charge in [-0.15, -0.1) is 0 Å². The van der Waals surface area contributed by atoms with Crippen molar-refractivity contribution in [3.05, 3.63) is 71.3 Å². The van der Waals surface area contributed by atoms with Crippen LogP contribution >= 0.6 is 0 Å². The second-order valence-electron chi connectivity index (χ2n) is 5.52. The summed E-state index contributed by atoms with van der Waals surface area (Å²) in [6.45, 7) is 0.663. The van der Waals surface area contributed by atoms with E-state index in [9.17, 15) is 4.79 Å². The van der Waals surface area contributed by atoms with Crippen molar-refractivity contribution in [1.82, 2.24) is 5.32 Å². The zero-order chi connectivity index (χ0) is 14.7. The highest BCUT2D eigenvalue weighted by Crippen LogP contribution is 2.47. The molecule has 0 atom stereocenters. The van der Waals surface area contributed by atoms with E-state index in [1.54, 1.807) is 24.3 Å². The molecule has 1 amide bonds. The summed E-state index contributed by atoms with van der Waals surface area (Å²) in [6, 6.07) is 19.1. The Morgan fingerprint density at radius 3 is 2.33 bits per heavy atom. The zero-order valence-corrected chi connectivity index (χ0v) is 11.7. The summed E-state index contributed by atoms with van der Waals surface area (Å²) < 4.78 is 0. The first kappa shape index (κ1) is 13.4. The molecule has 0 aromatic heterocycles. The number of nitriles is 1. The quantitative estimate of drug-likeness (QED) is 0.933. The van der Waals surface area contributed by atoms with Crippen molar-refractivity contribution in [3.8, 4) is 6.07 Å². The molecule has 0 unspecified atom stereocenters. The fraction of sp³-hybridized carbons (Fsp3) is 0.222. The molecule has 2 aromatic rings. The van der Waals surface area contributed by atoms with Crippen molar-refractivity contribution in [1.29, 1.82) is 5.26 Å². The molecule has 1 saturated carbocycles. The Balaban J connectivity index is 1.65. The maximum Gasteiger partial charge on any atom is 0.251 e. The van der Waals surface area contributed by atoms with E-state index in [0.29, 0.717) is 17.7 Å². The van der Waals surface area contributed by atoms with E-state index < -0.39 is 0 Å². The summed E-state index contributed by atoms with van der Waals surface area (Å²) in [5.74, 6) is -0.0818. The summed E-state index contributed by atoms with van der Waals surface area (Å²) in [4.78, 5) is 12.2. The van der Waals surface area contributed by atoms with Gasteiger partial charge in [0.2, 0.25) is 0 Å². The van der Waals surface area contributed by atoms with Crippen LogP contribution in [-0.2, 0) is 5.41 Å². The van der Waals surface area contributed by atoms with Crippen LogP contribution in [0.3, 0.4) is 0 Å². The lowest BCUT2D eigenvalue weighted by atomic mass is 9.96. The molecule has 0 aliphatic heterocycles. The summed E-state index contributed by atoms with van der Waals surface area (Å²) in [5.41, 5.74) is 2.57. The topological polar surface area (TPSA) is 52.9 Å². The molecule has 0 spiro atoms. The molecule has 21 heavy (non-hydrogen) atoms. The fourth-order valence-corrected chi connectivity index (χ4v) is 2.56. The third-order valence-electron chi connectivity index (χ3n) is 4.10. The van der Waals surface area contributed by atoms with Crippen molar-refractivity contribution in [2.75, 3.05) is 6.54 Å². The van der Waals surface area contributed by atoms with Crippen LogP contribution in [0.5, 0.6) is 0 Å². The van der Waals surface area contributed by atoms with E-state index in [1.165, 1.54) is 5.56 Å². The van der Waals surface area contributed by atoms with E-state index in [0.717, 1.165) is 12.8 Å². The van der Waals surface area contributed by atoms with Gasteiger partial charge in [-0.1, -0.05) is 30.3 Å². The molecular weight excluding hydrogens is 260 g/mol. The van der Waals surface area contributed by atoms with Crippen LogP contribution in [-0.4, -0.2) is 12.5 Å².